The van der Waals surface area contributed by atoms with Gasteiger partial charge < -0.3 is 11.5 Å². The minimum Gasteiger partial charge on any atom is -0.369 e. The van der Waals surface area contributed by atoms with Gasteiger partial charge in [-0.3, -0.25) is 9.69 Å². The van der Waals surface area contributed by atoms with E-state index in [4.69, 9.17) is 11.5 Å². The molecule has 1 heterocycles. The average molecular weight is 360 g/mol. The first kappa shape index (κ1) is 15.9. The second kappa shape index (κ2) is 7.02. The molecule has 0 spiro atoms. The van der Waals surface area contributed by atoms with Gasteiger partial charge in [-0.05, 0) is 47.8 Å². The van der Waals surface area contributed by atoms with Crippen molar-refractivity contribution in [3.63, 3.8) is 0 Å². The predicted molar refractivity (Wildman–Crippen MR) is 86.6 cm³/mol. The van der Waals surface area contributed by atoms with Crippen LogP contribution in [0.25, 0.3) is 0 Å². The molecule has 2 rings (SSSR count). The van der Waals surface area contributed by atoms with E-state index >= 15 is 0 Å². The van der Waals surface area contributed by atoms with Gasteiger partial charge >= 0.3 is 0 Å². The number of rotatable bonds is 6. The quantitative estimate of drug-likeness (QED) is 0.819. The second-order valence-corrected chi connectivity index (χ2v) is 8.02. The zero-order chi connectivity index (χ0) is 14.7. The number of nitrogens with zero attached hydrogens (tertiary/aromatic N) is 1. The van der Waals surface area contributed by atoms with Crippen molar-refractivity contribution in [2.75, 3.05) is 6.54 Å². The van der Waals surface area contributed by atoms with Crippen molar-refractivity contribution in [2.24, 2.45) is 11.5 Å². The summed E-state index contributed by atoms with van der Waals surface area (Å²) < 4.78 is 1.09. The number of halogens is 1. The lowest BCUT2D eigenvalue weighted by Crippen LogP contribution is -2.47. The highest BCUT2D eigenvalue weighted by Gasteiger charge is 2.33. The zero-order valence-corrected chi connectivity index (χ0v) is 14.1. The molecule has 112 valence electrons. The summed E-state index contributed by atoms with van der Waals surface area (Å²) in [5.41, 5.74) is 11.7. The minimum atomic E-state index is -0.279. The Hall–Kier alpha value is -0.430. The molecule has 0 saturated heterocycles. The predicted octanol–water partition coefficient (Wildman–Crippen LogP) is 2.63. The van der Waals surface area contributed by atoms with Gasteiger partial charge in [0.2, 0.25) is 5.91 Å². The summed E-state index contributed by atoms with van der Waals surface area (Å²) in [6.07, 6.45) is 4.70. The van der Waals surface area contributed by atoms with E-state index in [0.29, 0.717) is 6.04 Å². The van der Waals surface area contributed by atoms with Crippen molar-refractivity contribution in [1.29, 1.82) is 0 Å². The first-order chi connectivity index (χ1) is 9.49. The molecule has 0 radical (unpaired) electrons. The summed E-state index contributed by atoms with van der Waals surface area (Å²) in [7, 11) is 0. The molecular formula is C14H22BrN3OS. The first-order valence-corrected chi connectivity index (χ1v) is 8.65. The van der Waals surface area contributed by atoms with Gasteiger partial charge in [-0.2, -0.15) is 0 Å². The first-order valence-electron chi connectivity index (χ1n) is 7.04. The Kier molecular flexibility index (Phi) is 5.60. The van der Waals surface area contributed by atoms with Crippen molar-refractivity contribution in [1.82, 2.24) is 4.90 Å². The lowest BCUT2D eigenvalue weighted by molar-refractivity contribution is -0.120. The molecule has 1 aromatic rings. The third-order valence-corrected chi connectivity index (χ3v) is 5.57. The van der Waals surface area contributed by atoms with Crippen LogP contribution in [0.1, 0.15) is 43.5 Å². The monoisotopic (exact) mass is 359 g/mol. The van der Waals surface area contributed by atoms with E-state index in [1.54, 1.807) is 11.3 Å². The van der Waals surface area contributed by atoms with Gasteiger partial charge in [-0.1, -0.05) is 12.8 Å². The number of carbonyl (C=O) groups excluding carboxylic acids is 1. The topological polar surface area (TPSA) is 72.3 Å². The van der Waals surface area contributed by atoms with Crippen LogP contribution >= 0.6 is 27.3 Å². The summed E-state index contributed by atoms with van der Waals surface area (Å²) in [6, 6.07) is 4.56. The fraction of sp³-hybridized carbons (Fsp3) is 0.643. The number of carbonyl (C=O) groups is 1. The number of amides is 1. The minimum absolute atomic E-state index is 0.0412. The molecule has 0 aromatic carbocycles. The van der Waals surface area contributed by atoms with Crippen LogP contribution in [-0.2, 0) is 4.79 Å². The Morgan fingerprint density at radius 3 is 2.60 bits per heavy atom. The van der Waals surface area contributed by atoms with Crippen LogP contribution in [-0.4, -0.2) is 29.4 Å². The number of primary amides is 1. The van der Waals surface area contributed by atoms with E-state index in [2.05, 4.69) is 26.9 Å². The van der Waals surface area contributed by atoms with E-state index in [9.17, 15) is 4.79 Å². The molecule has 1 aromatic heterocycles. The Morgan fingerprint density at radius 2 is 2.15 bits per heavy atom. The lowest BCUT2D eigenvalue weighted by Gasteiger charge is -2.37. The molecule has 2 unspecified atom stereocenters. The van der Waals surface area contributed by atoms with Crippen LogP contribution in [0, 0.1) is 0 Å². The molecule has 1 amide bonds. The van der Waals surface area contributed by atoms with E-state index < -0.39 is 0 Å². The van der Waals surface area contributed by atoms with Crippen molar-refractivity contribution in [2.45, 2.75) is 50.7 Å². The molecule has 1 aliphatic carbocycles. The lowest BCUT2D eigenvalue weighted by atomic mass is 10.0. The molecule has 4 nitrogen and oxygen atoms in total. The van der Waals surface area contributed by atoms with Gasteiger partial charge in [0.25, 0.3) is 0 Å². The molecule has 1 saturated carbocycles. The van der Waals surface area contributed by atoms with Crippen LogP contribution in [0.5, 0.6) is 0 Å². The second-order valence-electron chi connectivity index (χ2n) is 5.52. The van der Waals surface area contributed by atoms with Gasteiger partial charge in [-0.15, -0.1) is 11.3 Å². The molecule has 1 fully saturated rings. The van der Waals surface area contributed by atoms with Gasteiger partial charge in [0.05, 0.1) is 16.4 Å². The summed E-state index contributed by atoms with van der Waals surface area (Å²) >= 11 is 5.18. The maximum atomic E-state index is 11.5. The molecule has 1 aliphatic rings. The smallest absolute Gasteiger partial charge is 0.231 e. The summed E-state index contributed by atoms with van der Waals surface area (Å²) in [5.74, 6) is -0.279. The average Bonchev–Trinajstić information content (AvgIpc) is 2.98. The molecule has 0 bridgehead atoms. The molecule has 6 heteroatoms. The van der Waals surface area contributed by atoms with Crippen molar-refractivity contribution < 1.29 is 4.79 Å². The third-order valence-electron chi connectivity index (χ3n) is 3.87. The maximum absolute atomic E-state index is 11.5. The van der Waals surface area contributed by atoms with Gasteiger partial charge in [0.15, 0.2) is 0 Å². The molecule has 0 aliphatic heterocycles. The van der Waals surface area contributed by atoms with Crippen LogP contribution < -0.4 is 11.5 Å². The summed E-state index contributed by atoms with van der Waals surface area (Å²) in [5, 5.41) is 0. The van der Waals surface area contributed by atoms with Crippen LogP contribution in [0.2, 0.25) is 0 Å². The van der Waals surface area contributed by atoms with Crippen LogP contribution in [0.3, 0.4) is 0 Å². The number of nitrogens with two attached hydrogens (primary N) is 2. The van der Waals surface area contributed by atoms with Crippen molar-refractivity contribution in [3.8, 4) is 0 Å². The highest BCUT2D eigenvalue weighted by Crippen LogP contribution is 2.36. The Bertz CT molecular complexity index is 457. The standard InChI is InChI=1S/C14H22BrN3OS/c1-9(16)14(11-6-7-12(15)20-11)18(8-13(17)19)10-4-2-3-5-10/h6-7,9-10,14H,2-5,8,16H2,1H3,(H2,17,19). The molecule has 4 N–H and O–H groups in total. The van der Waals surface area contributed by atoms with E-state index in [0.717, 1.165) is 16.6 Å². The summed E-state index contributed by atoms with van der Waals surface area (Å²) in [6.45, 7) is 2.29. The maximum Gasteiger partial charge on any atom is 0.231 e. The van der Waals surface area contributed by atoms with Gasteiger partial charge in [0.1, 0.15) is 0 Å². The van der Waals surface area contributed by atoms with Gasteiger partial charge in [-0.25, -0.2) is 0 Å². The number of hydrogen-bond donors (Lipinski definition) is 2. The molecule has 2 atom stereocenters. The van der Waals surface area contributed by atoms with Crippen LogP contribution in [0.15, 0.2) is 15.9 Å². The fourth-order valence-electron chi connectivity index (χ4n) is 3.08. The van der Waals surface area contributed by atoms with E-state index in [1.165, 1.54) is 17.7 Å². The van der Waals surface area contributed by atoms with E-state index in [1.807, 2.05) is 13.0 Å². The van der Waals surface area contributed by atoms with E-state index in [-0.39, 0.29) is 24.5 Å². The highest BCUT2D eigenvalue weighted by atomic mass is 79.9. The normalized spacial score (nSPS) is 19.4. The van der Waals surface area contributed by atoms with Crippen molar-refractivity contribution >= 4 is 33.2 Å². The third kappa shape index (κ3) is 3.81. The number of hydrogen-bond acceptors (Lipinski definition) is 4. The highest BCUT2D eigenvalue weighted by molar-refractivity contribution is 9.11. The SMILES string of the molecule is CC(N)C(c1ccc(Br)s1)N(CC(N)=O)C1CCCC1. The fourth-order valence-corrected chi connectivity index (χ4v) is 4.74. The molecular weight excluding hydrogens is 338 g/mol. The van der Waals surface area contributed by atoms with Crippen molar-refractivity contribution in [3.05, 3.63) is 20.8 Å². The van der Waals surface area contributed by atoms with Gasteiger partial charge in [0, 0.05) is 17.0 Å². The Balaban J connectivity index is 2.28. The largest absolute Gasteiger partial charge is 0.369 e. The number of thiophene rings is 1. The Morgan fingerprint density at radius 1 is 1.50 bits per heavy atom. The zero-order valence-electron chi connectivity index (χ0n) is 11.7. The van der Waals surface area contributed by atoms with Crippen LogP contribution in [0.4, 0.5) is 0 Å². The Labute approximate surface area is 132 Å². The molecule has 20 heavy (non-hydrogen) atoms. The summed E-state index contributed by atoms with van der Waals surface area (Å²) in [4.78, 5) is 14.9.